The second kappa shape index (κ2) is 11.7. The first kappa shape index (κ1) is 21.4. The highest BCUT2D eigenvalue weighted by Crippen LogP contribution is 2.30. The number of halogens is 1. The number of aryl methyl sites for hydroxylation is 1. The standard InChI is InChI=1S/C22H29ClN2O2/c1-3-5-7-8-9-10-21-24-15-18(16-25-21)17-12-13-20(19(23)14-17)27-22(26)11-6-4-2/h12-16H,3-11H2,1-2H3. The molecule has 0 spiro atoms. The Morgan fingerprint density at radius 2 is 1.67 bits per heavy atom. The van der Waals surface area contributed by atoms with Gasteiger partial charge in [0.1, 0.15) is 11.6 Å². The third-order valence-corrected chi connectivity index (χ3v) is 4.73. The van der Waals surface area contributed by atoms with Crippen LogP contribution in [0.2, 0.25) is 5.02 Å². The zero-order valence-electron chi connectivity index (χ0n) is 16.3. The van der Waals surface area contributed by atoms with Crippen LogP contribution in [0.1, 0.15) is 71.0 Å². The first-order valence-corrected chi connectivity index (χ1v) is 10.3. The van der Waals surface area contributed by atoms with E-state index in [1.165, 1.54) is 25.7 Å². The minimum absolute atomic E-state index is 0.252. The van der Waals surface area contributed by atoms with Gasteiger partial charge in [0.05, 0.1) is 5.02 Å². The van der Waals surface area contributed by atoms with E-state index in [0.717, 1.165) is 42.6 Å². The summed E-state index contributed by atoms with van der Waals surface area (Å²) >= 11 is 6.28. The normalized spacial score (nSPS) is 10.8. The number of benzene rings is 1. The summed E-state index contributed by atoms with van der Waals surface area (Å²) in [6, 6.07) is 5.38. The molecule has 0 saturated heterocycles. The Morgan fingerprint density at radius 3 is 2.33 bits per heavy atom. The molecule has 0 bridgehead atoms. The maximum absolute atomic E-state index is 11.8. The lowest BCUT2D eigenvalue weighted by atomic mass is 10.1. The number of esters is 1. The summed E-state index contributed by atoms with van der Waals surface area (Å²) in [5.74, 6) is 1.02. The highest BCUT2D eigenvalue weighted by atomic mass is 35.5. The molecule has 0 amide bonds. The Balaban J connectivity index is 1.93. The van der Waals surface area contributed by atoms with Gasteiger partial charge < -0.3 is 4.74 Å². The molecule has 0 unspecified atom stereocenters. The molecule has 0 aliphatic carbocycles. The van der Waals surface area contributed by atoms with Crippen LogP contribution in [-0.2, 0) is 11.2 Å². The van der Waals surface area contributed by atoms with Crippen molar-refractivity contribution in [1.82, 2.24) is 9.97 Å². The summed E-state index contributed by atoms with van der Waals surface area (Å²) in [6.45, 7) is 4.26. The van der Waals surface area contributed by atoms with Crippen molar-refractivity contribution < 1.29 is 9.53 Å². The first-order chi connectivity index (χ1) is 13.1. The summed E-state index contributed by atoms with van der Waals surface area (Å²) in [4.78, 5) is 20.7. The molecule has 146 valence electrons. The number of hydrogen-bond donors (Lipinski definition) is 0. The molecule has 0 saturated carbocycles. The Hall–Kier alpha value is -1.94. The van der Waals surface area contributed by atoms with E-state index in [2.05, 4.69) is 16.9 Å². The zero-order valence-corrected chi connectivity index (χ0v) is 17.1. The van der Waals surface area contributed by atoms with Gasteiger partial charge in [0, 0.05) is 30.8 Å². The first-order valence-electron chi connectivity index (χ1n) is 9.95. The number of nitrogens with zero attached hydrogens (tertiary/aromatic N) is 2. The van der Waals surface area contributed by atoms with E-state index in [-0.39, 0.29) is 5.97 Å². The summed E-state index contributed by atoms with van der Waals surface area (Å²) in [5, 5.41) is 0.414. The fraction of sp³-hybridized carbons (Fsp3) is 0.500. The van der Waals surface area contributed by atoms with E-state index in [1.54, 1.807) is 12.1 Å². The molecule has 0 radical (unpaired) electrons. The molecule has 0 aliphatic heterocycles. The van der Waals surface area contributed by atoms with Crippen molar-refractivity contribution in [3.8, 4) is 16.9 Å². The van der Waals surface area contributed by atoms with Gasteiger partial charge in [0.25, 0.3) is 0 Å². The van der Waals surface area contributed by atoms with Crippen LogP contribution in [0, 0.1) is 0 Å². The molecular weight excluding hydrogens is 360 g/mol. The summed E-state index contributed by atoms with van der Waals surface area (Å²) in [6.07, 6.45) is 12.9. The highest BCUT2D eigenvalue weighted by Gasteiger charge is 2.10. The molecule has 5 heteroatoms. The van der Waals surface area contributed by atoms with Gasteiger partial charge in [-0.2, -0.15) is 0 Å². The Bertz CT molecular complexity index is 717. The summed E-state index contributed by atoms with van der Waals surface area (Å²) in [5.41, 5.74) is 1.80. The van der Waals surface area contributed by atoms with Crippen LogP contribution in [0.25, 0.3) is 11.1 Å². The van der Waals surface area contributed by atoms with Gasteiger partial charge in [-0.1, -0.05) is 63.6 Å². The van der Waals surface area contributed by atoms with Gasteiger partial charge in [-0.3, -0.25) is 4.79 Å². The lowest BCUT2D eigenvalue weighted by Crippen LogP contribution is -2.07. The lowest BCUT2D eigenvalue weighted by molar-refractivity contribution is -0.134. The quantitative estimate of drug-likeness (QED) is 0.253. The van der Waals surface area contributed by atoms with E-state index in [0.29, 0.717) is 17.2 Å². The molecule has 0 N–H and O–H groups in total. The van der Waals surface area contributed by atoms with Gasteiger partial charge in [0.15, 0.2) is 0 Å². The average molecular weight is 389 g/mol. The van der Waals surface area contributed by atoms with Crippen LogP contribution in [0.5, 0.6) is 5.75 Å². The van der Waals surface area contributed by atoms with Crippen molar-refractivity contribution in [2.75, 3.05) is 0 Å². The van der Waals surface area contributed by atoms with E-state index >= 15 is 0 Å². The van der Waals surface area contributed by atoms with Gasteiger partial charge in [-0.25, -0.2) is 9.97 Å². The van der Waals surface area contributed by atoms with Gasteiger partial charge >= 0.3 is 5.97 Å². The fourth-order valence-corrected chi connectivity index (χ4v) is 3.00. The smallest absolute Gasteiger partial charge is 0.311 e. The monoisotopic (exact) mass is 388 g/mol. The molecule has 2 rings (SSSR count). The molecule has 1 heterocycles. The van der Waals surface area contributed by atoms with Crippen molar-refractivity contribution in [1.29, 1.82) is 0 Å². The number of carbonyl (C=O) groups excluding carboxylic acids is 1. The lowest BCUT2D eigenvalue weighted by Gasteiger charge is -2.08. The van der Waals surface area contributed by atoms with Crippen molar-refractivity contribution >= 4 is 17.6 Å². The van der Waals surface area contributed by atoms with Crippen LogP contribution < -0.4 is 4.74 Å². The third-order valence-electron chi connectivity index (χ3n) is 4.43. The van der Waals surface area contributed by atoms with Crippen LogP contribution in [0.15, 0.2) is 30.6 Å². The largest absolute Gasteiger partial charge is 0.425 e. The molecule has 0 aliphatic rings. The maximum atomic E-state index is 11.8. The molecule has 1 aromatic carbocycles. The third kappa shape index (κ3) is 7.30. The molecule has 1 aromatic heterocycles. The minimum atomic E-state index is -0.252. The number of unbranched alkanes of at least 4 members (excludes halogenated alkanes) is 5. The fourth-order valence-electron chi connectivity index (χ4n) is 2.78. The second-order valence-corrected chi connectivity index (χ2v) is 7.18. The molecule has 0 fully saturated rings. The summed E-state index contributed by atoms with van der Waals surface area (Å²) < 4.78 is 5.33. The average Bonchev–Trinajstić information content (AvgIpc) is 2.68. The van der Waals surface area contributed by atoms with Crippen LogP contribution >= 0.6 is 11.6 Å². The zero-order chi connectivity index (χ0) is 19.5. The van der Waals surface area contributed by atoms with Crippen molar-refractivity contribution in [3.63, 3.8) is 0 Å². The maximum Gasteiger partial charge on any atom is 0.311 e. The van der Waals surface area contributed by atoms with Crippen LogP contribution in [0.4, 0.5) is 0 Å². The Kier molecular flexibility index (Phi) is 9.26. The number of ether oxygens (including phenoxy) is 1. The van der Waals surface area contributed by atoms with Crippen molar-refractivity contribution in [2.45, 2.75) is 71.6 Å². The predicted molar refractivity (Wildman–Crippen MR) is 110 cm³/mol. The Labute approximate surface area is 167 Å². The van der Waals surface area contributed by atoms with E-state index < -0.39 is 0 Å². The van der Waals surface area contributed by atoms with Gasteiger partial charge in [-0.15, -0.1) is 0 Å². The predicted octanol–water partition coefficient (Wildman–Crippen LogP) is 6.41. The van der Waals surface area contributed by atoms with Gasteiger partial charge in [-0.05, 0) is 30.5 Å². The number of rotatable bonds is 11. The van der Waals surface area contributed by atoms with Crippen LogP contribution in [-0.4, -0.2) is 15.9 Å². The van der Waals surface area contributed by atoms with Crippen molar-refractivity contribution in [3.05, 3.63) is 41.4 Å². The van der Waals surface area contributed by atoms with Crippen molar-refractivity contribution in [2.24, 2.45) is 0 Å². The minimum Gasteiger partial charge on any atom is -0.425 e. The molecular formula is C22H29ClN2O2. The van der Waals surface area contributed by atoms with E-state index in [1.807, 2.05) is 25.4 Å². The van der Waals surface area contributed by atoms with E-state index in [4.69, 9.17) is 16.3 Å². The van der Waals surface area contributed by atoms with E-state index in [9.17, 15) is 4.79 Å². The van der Waals surface area contributed by atoms with Crippen LogP contribution in [0.3, 0.4) is 0 Å². The molecule has 2 aromatic rings. The number of carbonyl (C=O) groups is 1. The number of aromatic nitrogens is 2. The highest BCUT2D eigenvalue weighted by molar-refractivity contribution is 6.32. The second-order valence-electron chi connectivity index (χ2n) is 6.78. The number of hydrogen-bond acceptors (Lipinski definition) is 4. The summed E-state index contributed by atoms with van der Waals surface area (Å²) in [7, 11) is 0. The SMILES string of the molecule is CCCCCCCc1ncc(-c2ccc(OC(=O)CCCC)c(Cl)c2)cn1. The Morgan fingerprint density at radius 1 is 0.963 bits per heavy atom. The molecule has 4 nitrogen and oxygen atoms in total. The molecule has 0 atom stereocenters. The topological polar surface area (TPSA) is 52.1 Å². The molecule has 27 heavy (non-hydrogen) atoms. The van der Waals surface area contributed by atoms with Gasteiger partial charge in [0.2, 0.25) is 0 Å².